The van der Waals surface area contributed by atoms with E-state index in [4.69, 9.17) is 0 Å². The standard InChI is InChI=1S/C9H12BrNO/c10-6-2-1-5-9(12)11-7-3-4-8-11/h3-4,7-8H,1-2,5-6H2. The molecule has 0 aliphatic carbocycles. The number of nitrogens with zero attached hydrogens (tertiary/aromatic N) is 1. The lowest BCUT2D eigenvalue weighted by Gasteiger charge is -1.99. The number of alkyl halides is 1. The van der Waals surface area contributed by atoms with Gasteiger partial charge in [-0.25, -0.2) is 0 Å². The molecular weight excluding hydrogens is 218 g/mol. The predicted octanol–water partition coefficient (Wildman–Crippen LogP) is 2.69. The molecule has 0 unspecified atom stereocenters. The number of unbranched alkanes of at least 4 members (excludes halogenated alkanes) is 1. The topological polar surface area (TPSA) is 22.0 Å². The van der Waals surface area contributed by atoms with Crippen molar-refractivity contribution >= 4 is 21.8 Å². The lowest BCUT2D eigenvalue weighted by atomic mass is 10.2. The lowest BCUT2D eigenvalue weighted by molar-refractivity contribution is 0.0900. The van der Waals surface area contributed by atoms with E-state index in [-0.39, 0.29) is 5.91 Å². The third kappa shape index (κ3) is 2.81. The average molecular weight is 230 g/mol. The second kappa shape index (κ2) is 5.14. The summed E-state index contributed by atoms with van der Waals surface area (Å²) in [5.74, 6) is 0.181. The monoisotopic (exact) mass is 229 g/mol. The summed E-state index contributed by atoms with van der Waals surface area (Å²) in [6.45, 7) is 0. The molecule has 1 heterocycles. The Hall–Kier alpha value is -0.570. The summed E-state index contributed by atoms with van der Waals surface area (Å²) in [6, 6.07) is 3.73. The number of hydrogen-bond donors (Lipinski definition) is 0. The van der Waals surface area contributed by atoms with E-state index in [2.05, 4.69) is 15.9 Å². The normalized spacial score (nSPS) is 10.1. The number of halogens is 1. The maximum absolute atomic E-state index is 11.3. The highest BCUT2D eigenvalue weighted by atomic mass is 79.9. The molecule has 2 nitrogen and oxygen atoms in total. The maximum atomic E-state index is 11.3. The molecule has 0 atom stereocenters. The maximum Gasteiger partial charge on any atom is 0.230 e. The van der Waals surface area contributed by atoms with Crippen LogP contribution in [0.5, 0.6) is 0 Å². The molecule has 0 N–H and O–H groups in total. The van der Waals surface area contributed by atoms with Gasteiger partial charge in [-0.05, 0) is 25.0 Å². The predicted molar refractivity (Wildman–Crippen MR) is 52.7 cm³/mol. The number of aromatic nitrogens is 1. The zero-order valence-corrected chi connectivity index (χ0v) is 8.46. The molecule has 0 saturated heterocycles. The Labute approximate surface area is 80.7 Å². The van der Waals surface area contributed by atoms with Crippen LogP contribution in [-0.2, 0) is 0 Å². The minimum absolute atomic E-state index is 0.181. The van der Waals surface area contributed by atoms with Crippen molar-refractivity contribution in [1.29, 1.82) is 0 Å². The molecule has 1 aromatic rings. The number of rotatable bonds is 4. The van der Waals surface area contributed by atoms with E-state index in [9.17, 15) is 4.79 Å². The van der Waals surface area contributed by atoms with Crippen LogP contribution >= 0.6 is 15.9 Å². The Bertz CT molecular complexity index is 231. The van der Waals surface area contributed by atoms with Crippen LogP contribution in [0.4, 0.5) is 0 Å². The van der Waals surface area contributed by atoms with Crippen molar-refractivity contribution in [3.05, 3.63) is 24.5 Å². The molecule has 0 aliphatic rings. The molecule has 0 bridgehead atoms. The molecule has 0 amide bonds. The zero-order valence-electron chi connectivity index (χ0n) is 6.87. The quantitative estimate of drug-likeness (QED) is 0.575. The van der Waals surface area contributed by atoms with Crippen LogP contribution in [0.3, 0.4) is 0 Å². The van der Waals surface area contributed by atoms with Gasteiger partial charge in [0.2, 0.25) is 5.91 Å². The largest absolute Gasteiger partial charge is 0.295 e. The summed E-state index contributed by atoms with van der Waals surface area (Å²) < 4.78 is 1.63. The van der Waals surface area contributed by atoms with E-state index in [1.807, 2.05) is 12.1 Å². The highest BCUT2D eigenvalue weighted by Gasteiger charge is 2.01. The first-order chi connectivity index (χ1) is 5.84. The first kappa shape index (κ1) is 9.52. The van der Waals surface area contributed by atoms with Crippen LogP contribution in [0.15, 0.2) is 24.5 Å². The molecule has 1 rings (SSSR count). The molecule has 1 aromatic heterocycles. The van der Waals surface area contributed by atoms with Crippen molar-refractivity contribution < 1.29 is 4.79 Å². The van der Waals surface area contributed by atoms with Crippen LogP contribution in [0, 0.1) is 0 Å². The van der Waals surface area contributed by atoms with Gasteiger partial charge in [-0.3, -0.25) is 9.36 Å². The molecule has 0 aliphatic heterocycles. The fraction of sp³-hybridized carbons (Fsp3) is 0.444. The highest BCUT2D eigenvalue weighted by Crippen LogP contribution is 2.01. The van der Waals surface area contributed by atoms with Crippen LogP contribution in [-0.4, -0.2) is 15.8 Å². The van der Waals surface area contributed by atoms with Crippen molar-refractivity contribution in [3.63, 3.8) is 0 Å². The summed E-state index contributed by atoms with van der Waals surface area (Å²) in [7, 11) is 0. The first-order valence-electron chi connectivity index (χ1n) is 4.06. The summed E-state index contributed by atoms with van der Waals surface area (Å²) >= 11 is 3.33. The molecule has 0 aromatic carbocycles. The molecular formula is C9H12BrNO. The van der Waals surface area contributed by atoms with Crippen LogP contribution in [0.25, 0.3) is 0 Å². The Morgan fingerprint density at radius 1 is 1.25 bits per heavy atom. The fourth-order valence-corrected chi connectivity index (χ4v) is 1.40. The van der Waals surface area contributed by atoms with Gasteiger partial charge >= 0.3 is 0 Å². The van der Waals surface area contributed by atoms with Crippen molar-refractivity contribution in [1.82, 2.24) is 4.57 Å². The van der Waals surface area contributed by atoms with E-state index in [0.29, 0.717) is 6.42 Å². The van der Waals surface area contributed by atoms with E-state index in [1.54, 1.807) is 17.0 Å². The first-order valence-corrected chi connectivity index (χ1v) is 5.19. The van der Waals surface area contributed by atoms with Crippen molar-refractivity contribution in [3.8, 4) is 0 Å². The Balaban J connectivity index is 2.30. The molecule has 12 heavy (non-hydrogen) atoms. The fourth-order valence-electron chi connectivity index (χ4n) is 1.00. The van der Waals surface area contributed by atoms with E-state index < -0.39 is 0 Å². The Kier molecular flexibility index (Phi) is 4.08. The Morgan fingerprint density at radius 3 is 2.50 bits per heavy atom. The molecule has 3 heteroatoms. The second-order valence-electron chi connectivity index (χ2n) is 2.63. The third-order valence-electron chi connectivity index (χ3n) is 1.67. The second-order valence-corrected chi connectivity index (χ2v) is 3.42. The third-order valence-corrected chi connectivity index (χ3v) is 2.23. The zero-order chi connectivity index (χ0) is 8.81. The summed E-state index contributed by atoms with van der Waals surface area (Å²) in [6.07, 6.45) is 6.24. The van der Waals surface area contributed by atoms with Gasteiger partial charge in [-0.15, -0.1) is 0 Å². The van der Waals surface area contributed by atoms with Gasteiger partial charge in [0.25, 0.3) is 0 Å². The van der Waals surface area contributed by atoms with Crippen LogP contribution in [0.1, 0.15) is 24.1 Å². The van der Waals surface area contributed by atoms with Gasteiger partial charge in [-0.2, -0.15) is 0 Å². The Morgan fingerprint density at radius 2 is 1.92 bits per heavy atom. The highest BCUT2D eigenvalue weighted by molar-refractivity contribution is 9.09. The molecule has 0 spiro atoms. The van der Waals surface area contributed by atoms with Gasteiger partial charge < -0.3 is 0 Å². The summed E-state index contributed by atoms with van der Waals surface area (Å²) in [5, 5.41) is 0.978. The van der Waals surface area contributed by atoms with Gasteiger partial charge in [0, 0.05) is 24.1 Å². The van der Waals surface area contributed by atoms with E-state index in [0.717, 1.165) is 18.2 Å². The van der Waals surface area contributed by atoms with Crippen LogP contribution < -0.4 is 0 Å². The van der Waals surface area contributed by atoms with Crippen LogP contribution in [0.2, 0.25) is 0 Å². The smallest absolute Gasteiger partial charge is 0.230 e. The summed E-state index contributed by atoms with van der Waals surface area (Å²) in [5.41, 5.74) is 0. The van der Waals surface area contributed by atoms with Gasteiger partial charge in [0.1, 0.15) is 0 Å². The number of carbonyl (C=O) groups excluding carboxylic acids is 1. The van der Waals surface area contributed by atoms with Crippen molar-refractivity contribution in [2.75, 3.05) is 5.33 Å². The molecule has 0 radical (unpaired) electrons. The summed E-state index contributed by atoms with van der Waals surface area (Å²) in [4.78, 5) is 11.3. The van der Waals surface area contributed by atoms with Gasteiger partial charge in [0.05, 0.1) is 0 Å². The van der Waals surface area contributed by atoms with Gasteiger partial charge in [0.15, 0.2) is 0 Å². The van der Waals surface area contributed by atoms with Crippen molar-refractivity contribution in [2.24, 2.45) is 0 Å². The SMILES string of the molecule is O=C(CCCCBr)n1cccc1. The molecule has 66 valence electrons. The lowest BCUT2D eigenvalue weighted by Crippen LogP contribution is -2.07. The van der Waals surface area contributed by atoms with E-state index >= 15 is 0 Å². The van der Waals surface area contributed by atoms with Gasteiger partial charge in [-0.1, -0.05) is 15.9 Å². The number of hydrogen-bond acceptors (Lipinski definition) is 1. The molecule has 0 fully saturated rings. The minimum atomic E-state index is 0.181. The average Bonchev–Trinajstić information content (AvgIpc) is 2.56. The molecule has 0 saturated carbocycles. The number of carbonyl (C=O) groups is 1. The van der Waals surface area contributed by atoms with E-state index in [1.165, 1.54) is 0 Å². The minimum Gasteiger partial charge on any atom is -0.295 e. The van der Waals surface area contributed by atoms with Crippen molar-refractivity contribution in [2.45, 2.75) is 19.3 Å².